The van der Waals surface area contributed by atoms with Gasteiger partial charge in [-0.25, -0.2) is 4.79 Å². The molecular formula is C15H29O5P. The van der Waals surface area contributed by atoms with Crippen molar-refractivity contribution in [3.8, 4) is 0 Å². The molecule has 0 aromatic carbocycles. The summed E-state index contributed by atoms with van der Waals surface area (Å²) in [5.74, 6) is 1.15. The molecule has 0 aromatic rings. The number of carbonyl (C=O) groups is 1. The zero-order valence-corrected chi connectivity index (χ0v) is 14.8. The van der Waals surface area contributed by atoms with Crippen molar-refractivity contribution in [2.45, 2.75) is 53.9 Å². The third-order valence-electron chi connectivity index (χ3n) is 2.54. The number of hydrogen-bond acceptors (Lipinski definition) is 5. The first-order valence-corrected chi connectivity index (χ1v) is 9.27. The van der Waals surface area contributed by atoms with Crippen LogP contribution in [0.25, 0.3) is 0 Å². The molecule has 0 fully saturated rings. The molecule has 5 nitrogen and oxygen atoms in total. The van der Waals surface area contributed by atoms with Gasteiger partial charge in [-0.1, -0.05) is 27.2 Å². The molecule has 124 valence electrons. The van der Waals surface area contributed by atoms with Gasteiger partial charge in [0.15, 0.2) is 0 Å². The Morgan fingerprint density at radius 3 is 2.14 bits per heavy atom. The molecule has 0 bridgehead atoms. The Hall–Kier alpha value is -0.640. The Morgan fingerprint density at radius 2 is 1.71 bits per heavy atom. The molecule has 0 spiro atoms. The van der Waals surface area contributed by atoms with Crippen LogP contribution in [0.3, 0.4) is 0 Å². The highest BCUT2D eigenvalue weighted by Gasteiger charge is 2.24. The van der Waals surface area contributed by atoms with Crippen LogP contribution >= 0.6 is 7.60 Å². The van der Waals surface area contributed by atoms with Crippen molar-refractivity contribution < 1.29 is 23.1 Å². The largest absolute Gasteiger partial charge is 0.462 e. The van der Waals surface area contributed by atoms with E-state index in [-0.39, 0.29) is 19.1 Å². The highest BCUT2D eigenvalue weighted by Crippen LogP contribution is 2.51. The zero-order valence-electron chi connectivity index (χ0n) is 13.9. The standard InChI is InChI=1S/C15H29O5P/c1-6-9-10-14(15(16)18-11-13(4)5)12-21(17,19-7-2)20-8-3/h12-13H,6-11H2,1-5H3/b14-12+. The predicted octanol–water partition coefficient (Wildman–Crippen LogP) is 4.53. The van der Waals surface area contributed by atoms with Crippen molar-refractivity contribution in [2.75, 3.05) is 19.8 Å². The average Bonchev–Trinajstić information content (AvgIpc) is 2.41. The number of esters is 1. The van der Waals surface area contributed by atoms with E-state index in [1.165, 1.54) is 5.82 Å². The van der Waals surface area contributed by atoms with Crippen LogP contribution < -0.4 is 0 Å². The van der Waals surface area contributed by atoms with Gasteiger partial charge in [0.1, 0.15) is 0 Å². The molecule has 6 heteroatoms. The fourth-order valence-electron chi connectivity index (χ4n) is 1.58. The highest BCUT2D eigenvalue weighted by atomic mass is 31.2. The van der Waals surface area contributed by atoms with Gasteiger partial charge in [0.05, 0.1) is 19.8 Å². The smallest absolute Gasteiger partial charge is 0.354 e. The maximum absolute atomic E-state index is 12.5. The van der Waals surface area contributed by atoms with E-state index in [4.69, 9.17) is 13.8 Å². The van der Waals surface area contributed by atoms with Gasteiger partial charge >= 0.3 is 13.6 Å². The molecule has 0 aromatic heterocycles. The number of hydrogen-bond donors (Lipinski definition) is 0. The van der Waals surface area contributed by atoms with Gasteiger partial charge in [-0.3, -0.25) is 4.57 Å². The molecule has 21 heavy (non-hydrogen) atoms. The molecule has 0 saturated heterocycles. The number of carbonyl (C=O) groups excluding carboxylic acids is 1. The Labute approximate surface area is 128 Å². The maximum atomic E-state index is 12.5. The fraction of sp³-hybridized carbons (Fsp3) is 0.800. The van der Waals surface area contributed by atoms with E-state index in [0.717, 1.165) is 12.8 Å². The van der Waals surface area contributed by atoms with Crippen LogP contribution in [0.5, 0.6) is 0 Å². The molecule has 0 N–H and O–H groups in total. The summed E-state index contributed by atoms with van der Waals surface area (Å²) in [7, 11) is -3.38. The lowest BCUT2D eigenvalue weighted by atomic mass is 10.1. The SMILES string of the molecule is CCCC/C(=C\P(=O)(OCC)OCC)C(=O)OCC(C)C. The van der Waals surface area contributed by atoms with Crippen LogP contribution in [-0.2, 0) is 23.1 Å². The number of unbranched alkanes of at least 4 members (excludes halogenated alkanes) is 1. The quantitative estimate of drug-likeness (QED) is 0.318. The summed E-state index contributed by atoms with van der Waals surface area (Å²) in [5.41, 5.74) is 0.378. The average molecular weight is 320 g/mol. The van der Waals surface area contributed by atoms with Crippen molar-refractivity contribution in [1.29, 1.82) is 0 Å². The van der Waals surface area contributed by atoms with Crippen molar-refractivity contribution in [2.24, 2.45) is 5.92 Å². The minimum atomic E-state index is -3.38. The van der Waals surface area contributed by atoms with Crippen LogP contribution in [0.2, 0.25) is 0 Å². The van der Waals surface area contributed by atoms with Gasteiger partial charge in [-0.05, 0) is 32.6 Å². The summed E-state index contributed by atoms with van der Waals surface area (Å²) in [6, 6.07) is 0. The normalized spacial score (nSPS) is 12.8. The molecule has 0 saturated carbocycles. The minimum Gasteiger partial charge on any atom is -0.462 e. The van der Waals surface area contributed by atoms with Crippen LogP contribution in [0.4, 0.5) is 0 Å². The van der Waals surface area contributed by atoms with Crippen molar-refractivity contribution in [3.63, 3.8) is 0 Å². The topological polar surface area (TPSA) is 61.8 Å². The molecule has 0 aliphatic rings. The number of ether oxygens (including phenoxy) is 1. The van der Waals surface area contributed by atoms with E-state index in [1.807, 2.05) is 20.8 Å². The summed E-state index contributed by atoms with van der Waals surface area (Å²) < 4.78 is 28.1. The second-order valence-corrected chi connectivity index (χ2v) is 6.98. The summed E-state index contributed by atoms with van der Waals surface area (Å²) in [5, 5.41) is 0. The van der Waals surface area contributed by atoms with Crippen LogP contribution in [0.1, 0.15) is 53.9 Å². The molecule has 0 aliphatic carbocycles. The fourth-order valence-corrected chi connectivity index (χ4v) is 3.14. The minimum absolute atomic E-state index is 0.256. The maximum Gasteiger partial charge on any atom is 0.354 e. The molecule has 0 radical (unpaired) electrons. The van der Waals surface area contributed by atoms with Crippen LogP contribution in [0, 0.1) is 5.92 Å². The first kappa shape index (κ1) is 20.4. The Balaban J connectivity index is 5.11. The van der Waals surface area contributed by atoms with E-state index in [2.05, 4.69) is 0 Å². The van der Waals surface area contributed by atoms with Gasteiger partial charge < -0.3 is 13.8 Å². The van der Waals surface area contributed by atoms with E-state index in [1.54, 1.807) is 13.8 Å². The summed E-state index contributed by atoms with van der Waals surface area (Å²) >= 11 is 0. The van der Waals surface area contributed by atoms with Gasteiger partial charge in [0.25, 0.3) is 0 Å². The van der Waals surface area contributed by atoms with Crippen LogP contribution in [-0.4, -0.2) is 25.8 Å². The Kier molecular flexibility index (Phi) is 10.7. The van der Waals surface area contributed by atoms with Crippen molar-refractivity contribution in [1.82, 2.24) is 0 Å². The van der Waals surface area contributed by atoms with Crippen LogP contribution in [0.15, 0.2) is 11.4 Å². The predicted molar refractivity (Wildman–Crippen MR) is 84.3 cm³/mol. The third-order valence-corrected chi connectivity index (χ3v) is 4.41. The molecular weight excluding hydrogens is 291 g/mol. The summed E-state index contributed by atoms with van der Waals surface area (Å²) in [4.78, 5) is 12.1. The highest BCUT2D eigenvalue weighted by molar-refractivity contribution is 7.57. The van der Waals surface area contributed by atoms with Crippen molar-refractivity contribution in [3.05, 3.63) is 11.4 Å². The monoisotopic (exact) mass is 320 g/mol. The molecule has 0 heterocycles. The zero-order chi connectivity index (χ0) is 16.3. The molecule has 0 atom stereocenters. The lowest BCUT2D eigenvalue weighted by Crippen LogP contribution is -2.13. The van der Waals surface area contributed by atoms with Crippen molar-refractivity contribution >= 4 is 13.6 Å². The van der Waals surface area contributed by atoms with Gasteiger partial charge in [-0.15, -0.1) is 0 Å². The molecule has 0 unspecified atom stereocenters. The van der Waals surface area contributed by atoms with E-state index in [9.17, 15) is 9.36 Å². The lowest BCUT2D eigenvalue weighted by molar-refractivity contribution is -0.140. The first-order valence-electron chi connectivity index (χ1n) is 7.66. The molecule has 0 amide bonds. The molecule has 0 aliphatic heterocycles. The second-order valence-electron chi connectivity index (χ2n) is 5.13. The van der Waals surface area contributed by atoms with E-state index >= 15 is 0 Å². The van der Waals surface area contributed by atoms with Gasteiger partial charge in [-0.2, -0.15) is 0 Å². The lowest BCUT2D eigenvalue weighted by Gasteiger charge is -2.15. The van der Waals surface area contributed by atoms with E-state index < -0.39 is 13.6 Å². The Morgan fingerprint density at radius 1 is 1.14 bits per heavy atom. The summed E-state index contributed by atoms with van der Waals surface area (Å²) in [6.07, 6.45) is 2.26. The summed E-state index contributed by atoms with van der Waals surface area (Å²) in [6.45, 7) is 10.3. The third kappa shape index (κ3) is 9.07. The van der Waals surface area contributed by atoms with Gasteiger partial charge in [0.2, 0.25) is 0 Å². The Bertz CT molecular complexity index is 366. The number of rotatable bonds is 11. The van der Waals surface area contributed by atoms with Gasteiger partial charge in [0, 0.05) is 11.4 Å². The second kappa shape index (κ2) is 11.0. The molecule has 0 rings (SSSR count). The van der Waals surface area contributed by atoms with E-state index in [0.29, 0.717) is 18.6 Å². The first-order chi connectivity index (χ1) is 9.88.